The van der Waals surface area contributed by atoms with E-state index in [0.29, 0.717) is 5.57 Å². The highest BCUT2D eigenvalue weighted by Gasteiger charge is 2.17. The number of ether oxygens (including phenoxy) is 1. The number of carbonyl (C=O) groups excluding carboxylic acids is 1. The summed E-state index contributed by atoms with van der Waals surface area (Å²) < 4.78 is 6.65. The van der Waals surface area contributed by atoms with Gasteiger partial charge in [-0.05, 0) is 12.5 Å². The topological polar surface area (TPSA) is 44.1 Å². The predicted octanol–water partition coefficient (Wildman–Crippen LogP) is 1.77. The molecular weight excluding hydrogens is 192 g/mol. The number of hydrogen-bond donors (Lipinski definition) is 0. The molecule has 0 aliphatic heterocycles. The highest BCUT2D eigenvalue weighted by Crippen LogP contribution is 2.20. The van der Waals surface area contributed by atoms with Crippen molar-refractivity contribution in [3.05, 3.63) is 42.2 Å². The summed E-state index contributed by atoms with van der Waals surface area (Å²) in [5, 5.41) is 0. The molecule has 0 bridgehead atoms. The highest BCUT2D eigenvalue weighted by molar-refractivity contribution is 5.98. The molecule has 0 fully saturated rings. The van der Waals surface area contributed by atoms with Gasteiger partial charge in [0.05, 0.1) is 12.7 Å². The van der Waals surface area contributed by atoms with Gasteiger partial charge in [0.15, 0.2) is 0 Å². The zero-order chi connectivity index (χ0) is 10.7. The Balaban J connectivity index is 2.33. The van der Waals surface area contributed by atoms with Gasteiger partial charge >= 0.3 is 0 Å². The fraction of sp³-hybridized carbons (Fsp3) is 0.273. The molecule has 0 N–H and O–H groups in total. The molecule has 1 aromatic rings. The van der Waals surface area contributed by atoms with Crippen LogP contribution in [0, 0.1) is 0 Å². The van der Waals surface area contributed by atoms with E-state index in [4.69, 9.17) is 4.74 Å². The predicted molar refractivity (Wildman–Crippen MR) is 55.3 cm³/mol. The van der Waals surface area contributed by atoms with E-state index >= 15 is 0 Å². The molecule has 4 nitrogen and oxygen atoms in total. The van der Waals surface area contributed by atoms with Crippen molar-refractivity contribution in [2.24, 2.45) is 0 Å². The second-order valence-corrected chi connectivity index (χ2v) is 3.26. The lowest BCUT2D eigenvalue weighted by Crippen LogP contribution is -2.14. The van der Waals surface area contributed by atoms with Crippen LogP contribution in [-0.4, -0.2) is 22.6 Å². The third-order valence-electron chi connectivity index (χ3n) is 2.34. The first-order chi connectivity index (χ1) is 7.33. The van der Waals surface area contributed by atoms with Crippen LogP contribution in [-0.2, 0) is 4.74 Å². The average Bonchev–Trinajstić information content (AvgIpc) is 2.81. The SMILES string of the molecule is COC1=C(C(=O)n2ccnc2)C=CCC1. The van der Waals surface area contributed by atoms with Crippen molar-refractivity contribution < 1.29 is 9.53 Å². The van der Waals surface area contributed by atoms with Crippen LogP contribution in [0.4, 0.5) is 0 Å². The minimum Gasteiger partial charge on any atom is -0.500 e. The number of imidazole rings is 1. The second kappa shape index (κ2) is 4.13. The van der Waals surface area contributed by atoms with Crippen LogP contribution in [0.1, 0.15) is 17.6 Å². The van der Waals surface area contributed by atoms with Gasteiger partial charge in [0, 0.05) is 18.8 Å². The minimum atomic E-state index is -0.0969. The van der Waals surface area contributed by atoms with Crippen molar-refractivity contribution in [2.45, 2.75) is 12.8 Å². The second-order valence-electron chi connectivity index (χ2n) is 3.26. The number of rotatable bonds is 2. The van der Waals surface area contributed by atoms with Gasteiger partial charge in [0.1, 0.15) is 12.1 Å². The molecule has 1 heterocycles. The quantitative estimate of drug-likeness (QED) is 0.737. The highest BCUT2D eigenvalue weighted by atomic mass is 16.5. The zero-order valence-electron chi connectivity index (χ0n) is 8.51. The third-order valence-corrected chi connectivity index (χ3v) is 2.34. The Hall–Kier alpha value is -1.84. The number of methoxy groups -OCH3 is 1. The van der Waals surface area contributed by atoms with Crippen LogP contribution >= 0.6 is 0 Å². The summed E-state index contributed by atoms with van der Waals surface area (Å²) >= 11 is 0. The van der Waals surface area contributed by atoms with E-state index in [0.717, 1.165) is 18.6 Å². The molecule has 0 radical (unpaired) electrons. The van der Waals surface area contributed by atoms with E-state index in [1.807, 2.05) is 12.2 Å². The molecule has 1 aliphatic carbocycles. The molecule has 4 heteroatoms. The Morgan fingerprint density at radius 3 is 3.13 bits per heavy atom. The molecular formula is C11H12N2O2. The minimum absolute atomic E-state index is 0.0969. The zero-order valence-corrected chi connectivity index (χ0v) is 8.51. The first-order valence-corrected chi connectivity index (χ1v) is 4.79. The van der Waals surface area contributed by atoms with Crippen LogP contribution in [0.15, 0.2) is 42.2 Å². The van der Waals surface area contributed by atoms with E-state index in [2.05, 4.69) is 4.98 Å². The summed E-state index contributed by atoms with van der Waals surface area (Å²) in [5.74, 6) is 0.650. The maximum absolute atomic E-state index is 12.0. The summed E-state index contributed by atoms with van der Waals surface area (Å²) in [5.41, 5.74) is 0.613. The molecule has 0 aromatic carbocycles. The summed E-state index contributed by atoms with van der Waals surface area (Å²) in [4.78, 5) is 15.8. The molecule has 0 spiro atoms. The van der Waals surface area contributed by atoms with Gasteiger partial charge in [0.2, 0.25) is 0 Å². The van der Waals surface area contributed by atoms with Crippen molar-refractivity contribution in [2.75, 3.05) is 7.11 Å². The molecule has 0 saturated carbocycles. The first-order valence-electron chi connectivity index (χ1n) is 4.79. The van der Waals surface area contributed by atoms with E-state index in [-0.39, 0.29) is 5.91 Å². The largest absolute Gasteiger partial charge is 0.500 e. The van der Waals surface area contributed by atoms with Crippen molar-refractivity contribution in [1.29, 1.82) is 0 Å². The lowest BCUT2D eigenvalue weighted by Gasteiger charge is -2.13. The number of nitrogens with zero attached hydrogens (tertiary/aromatic N) is 2. The van der Waals surface area contributed by atoms with Gasteiger partial charge < -0.3 is 4.74 Å². The van der Waals surface area contributed by atoms with Gasteiger partial charge in [0.25, 0.3) is 5.91 Å². The molecule has 0 atom stereocenters. The molecule has 1 aliphatic rings. The van der Waals surface area contributed by atoms with E-state index in [1.54, 1.807) is 19.5 Å². The Labute approximate surface area is 87.9 Å². The van der Waals surface area contributed by atoms with E-state index in [1.165, 1.54) is 10.9 Å². The van der Waals surface area contributed by atoms with Crippen LogP contribution in [0.3, 0.4) is 0 Å². The monoisotopic (exact) mass is 204 g/mol. The standard InChI is InChI=1S/C11H12N2O2/c1-15-10-5-3-2-4-9(10)11(14)13-7-6-12-8-13/h2,4,6-8H,3,5H2,1H3. The summed E-state index contributed by atoms with van der Waals surface area (Å²) in [6.07, 6.45) is 10.2. The lowest BCUT2D eigenvalue weighted by atomic mass is 10.0. The number of aromatic nitrogens is 2. The van der Waals surface area contributed by atoms with Gasteiger partial charge in [-0.1, -0.05) is 6.08 Å². The molecule has 0 saturated heterocycles. The maximum Gasteiger partial charge on any atom is 0.266 e. The Kier molecular flexibility index (Phi) is 2.67. The Morgan fingerprint density at radius 1 is 1.60 bits per heavy atom. The average molecular weight is 204 g/mol. The fourth-order valence-electron chi connectivity index (χ4n) is 1.56. The van der Waals surface area contributed by atoms with Crippen molar-refractivity contribution in [3.63, 3.8) is 0 Å². The van der Waals surface area contributed by atoms with Crippen LogP contribution in [0.2, 0.25) is 0 Å². The first kappa shape index (κ1) is 9.71. The summed E-state index contributed by atoms with van der Waals surface area (Å²) in [7, 11) is 1.59. The van der Waals surface area contributed by atoms with Crippen molar-refractivity contribution in [3.8, 4) is 0 Å². The van der Waals surface area contributed by atoms with E-state index in [9.17, 15) is 4.79 Å². The van der Waals surface area contributed by atoms with Crippen LogP contribution < -0.4 is 0 Å². The molecule has 1 aromatic heterocycles. The van der Waals surface area contributed by atoms with E-state index < -0.39 is 0 Å². The maximum atomic E-state index is 12.0. The smallest absolute Gasteiger partial charge is 0.266 e. The number of hydrogen-bond acceptors (Lipinski definition) is 3. The number of allylic oxidation sites excluding steroid dienone is 4. The molecule has 0 unspecified atom stereocenters. The van der Waals surface area contributed by atoms with Crippen LogP contribution in [0.25, 0.3) is 0 Å². The van der Waals surface area contributed by atoms with Crippen LogP contribution in [0.5, 0.6) is 0 Å². The van der Waals surface area contributed by atoms with Gasteiger partial charge in [-0.2, -0.15) is 0 Å². The van der Waals surface area contributed by atoms with Gasteiger partial charge in [-0.15, -0.1) is 0 Å². The van der Waals surface area contributed by atoms with Crippen molar-refractivity contribution in [1.82, 2.24) is 9.55 Å². The van der Waals surface area contributed by atoms with Gasteiger partial charge in [-0.25, -0.2) is 4.98 Å². The summed E-state index contributed by atoms with van der Waals surface area (Å²) in [6, 6.07) is 0. The Morgan fingerprint density at radius 2 is 2.47 bits per heavy atom. The van der Waals surface area contributed by atoms with Crippen molar-refractivity contribution >= 4 is 5.91 Å². The molecule has 2 rings (SSSR count). The molecule has 15 heavy (non-hydrogen) atoms. The molecule has 0 amide bonds. The normalized spacial score (nSPS) is 15.5. The third kappa shape index (κ3) is 1.83. The van der Waals surface area contributed by atoms with Gasteiger partial charge in [-0.3, -0.25) is 9.36 Å². The number of carbonyl (C=O) groups is 1. The Bertz CT molecular complexity index is 416. The summed E-state index contributed by atoms with van der Waals surface area (Å²) in [6.45, 7) is 0. The fourth-order valence-corrected chi connectivity index (χ4v) is 1.56. The lowest BCUT2D eigenvalue weighted by molar-refractivity contribution is 0.0950. The molecule has 78 valence electrons.